The minimum atomic E-state index is -0.102. The molecule has 1 aliphatic carbocycles. The number of hydrogen-bond acceptors (Lipinski definition) is 2. The Morgan fingerprint density at radius 2 is 2.12 bits per heavy atom. The summed E-state index contributed by atoms with van der Waals surface area (Å²) in [5.41, 5.74) is 3.48. The standard InChI is InChI=1S/C20H25N3O/c1-14(2)19-17(13-21-23(19)3)20(24)22-18-10-5-4-8-16(18)9-6-7-15-11-12-15/h4-6,8-10,13-15H,7,11-12H2,1-3H3,(H,22,24)/b9-6-. The summed E-state index contributed by atoms with van der Waals surface area (Å²) in [5.74, 6) is 1.01. The maximum Gasteiger partial charge on any atom is 0.259 e. The molecule has 1 aromatic carbocycles. The fraction of sp³-hybridized carbons (Fsp3) is 0.400. The van der Waals surface area contributed by atoms with E-state index in [4.69, 9.17) is 0 Å². The normalized spacial score (nSPS) is 14.5. The topological polar surface area (TPSA) is 46.9 Å². The highest BCUT2D eigenvalue weighted by Crippen LogP contribution is 2.33. The van der Waals surface area contributed by atoms with Crippen molar-refractivity contribution in [3.63, 3.8) is 0 Å². The lowest BCUT2D eigenvalue weighted by Gasteiger charge is -2.11. The summed E-state index contributed by atoms with van der Waals surface area (Å²) in [4.78, 5) is 12.7. The van der Waals surface area contributed by atoms with Crippen molar-refractivity contribution >= 4 is 17.7 Å². The third-order valence-corrected chi connectivity index (χ3v) is 4.45. The Kier molecular flexibility index (Phi) is 4.84. The summed E-state index contributed by atoms with van der Waals surface area (Å²) >= 11 is 0. The van der Waals surface area contributed by atoms with Crippen LogP contribution < -0.4 is 5.32 Å². The minimum absolute atomic E-state index is 0.102. The van der Waals surface area contributed by atoms with Crippen LogP contribution in [0, 0.1) is 5.92 Å². The molecular formula is C20H25N3O. The zero-order chi connectivity index (χ0) is 17.1. The number of carbonyl (C=O) groups is 1. The van der Waals surface area contributed by atoms with E-state index in [9.17, 15) is 4.79 Å². The number of nitrogens with one attached hydrogen (secondary N) is 1. The van der Waals surface area contributed by atoms with Gasteiger partial charge in [-0.15, -0.1) is 0 Å². The van der Waals surface area contributed by atoms with E-state index in [0.717, 1.165) is 29.3 Å². The molecule has 4 heteroatoms. The predicted molar refractivity (Wildman–Crippen MR) is 98.1 cm³/mol. The molecule has 0 unspecified atom stereocenters. The van der Waals surface area contributed by atoms with E-state index in [-0.39, 0.29) is 11.8 Å². The number of carbonyl (C=O) groups excluding carboxylic acids is 1. The number of allylic oxidation sites excluding steroid dienone is 1. The Bertz CT molecular complexity index is 754. The Morgan fingerprint density at radius 3 is 2.83 bits per heavy atom. The molecule has 0 atom stereocenters. The second-order valence-corrected chi connectivity index (χ2v) is 6.84. The Labute approximate surface area is 143 Å². The first-order chi connectivity index (χ1) is 11.6. The number of nitrogens with zero attached hydrogens (tertiary/aromatic N) is 2. The fourth-order valence-electron chi connectivity index (χ4n) is 2.99. The number of aryl methyl sites for hydroxylation is 1. The lowest BCUT2D eigenvalue weighted by Crippen LogP contribution is -2.15. The molecule has 126 valence electrons. The number of para-hydroxylation sites is 1. The molecule has 0 bridgehead atoms. The third-order valence-electron chi connectivity index (χ3n) is 4.45. The van der Waals surface area contributed by atoms with E-state index in [1.54, 1.807) is 10.9 Å². The molecule has 0 saturated heterocycles. The van der Waals surface area contributed by atoms with Gasteiger partial charge in [0.2, 0.25) is 0 Å². The van der Waals surface area contributed by atoms with Crippen LogP contribution in [0.3, 0.4) is 0 Å². The second kappa shape index (κ2) is 7.04. The van der Waals surface area contributed by atoms with Crippen LogP contribution in [0.1, 0.15) is 60.6 Å². The number of amides is 1. The van der Waals surface area contributed by atoms with Gasteiger partial charge in [0.15, 0.2) is 0 Å². The Hall–Kier alpha value is -2.36. The van der Waals surface area contributed by atoms with Crippen molar-refractivity contribution < 1.29 is 4.79 Å². The number of anilines is 1. The molecule has 0 radical (unpaired) electrons. The molecule has 1 saturated carbocycles. The molecule has 4 nitrogen and oxygen atoms in total. The molecule has 1 N–H and O–H groups in total. The second-order valence-electron chi connectivity index (χ2n) is 6.84. The highest BCUT2D eigenvalue weighted by molar-refractivity contribution is 6.06. The van der Waals surface area contributed by atoms with Crippen LogP contribution in [0.4, 0.5) is 5.69 Å². The van der Waals surface area contributed by atoms with Crippen LogP contribution in [-0.2, 0) is 7.05 Å². The molecule has 24 heavy (non-hydrogen) atoms. The molecule has 2 aromatic rings. The average molecular weight is 323 g/mol. The summed E-state index contributed by atoms with van der Waals surface area (Å²) in [7, 11) is 1.88. The van der Waals surface area contributed by atoms with E-state index in [1.807, 2.05) is 31.3 Å². The number of rotatable bonds is 6. The van der Waals surface area contributed by atoms with E-state index in [0.29, 0.717) is 5.56 Å². The fourth-order valence-corrected chi connectivity index (χ4v) is 2.99. The van der Waals surface area contributed by atoms with Crippen LogP contribution in [0.15, 0.2) is 36.5 Å². The van der Waals surface area contributed by atoms with Gasteiger partial charge in [-0.1, -0.05) is 44.2 Å². The number of aromatic nitrogens is 2. The van der Waals surface area contributed by atoms with Crippen molar-refractivity contribution in [2.75, 3.05) is 5.32 Å². The summed E-state index contributed by atoms with van der Waals surface area (Å²) in [6.45, 7) is 4.14. The number of hydrogen-bond donors (Lipinski definition) is 1. The molecule has 0 spiro atoms. The smallest absolute Gasteiger partial charge is 0.259 e. The average Bonchev–Trinajstić information content (AvgIpc) is 3.28. The van der Waals surface area contributed by atoms with Crippen LogP contribution in [0.25, 0.3) is 6.08 Å². The molecule has 0 aliphatic heterocycles. The van der Waals surface area contributed by atoms with Crippen LogP contribution in [0.2, 0.25) is 0 Å². The van der Waals surface area contributed by atoms with Crippen molar-refractivity contribution in [1.82, 2.24) is 9.78 Å². The van der Waals surface area contributed by atoms with Gasteiger partial charge in [0, 0.05) is 12.7 Å². The van der Waals surface area contributed by atoms with Crippen molar-refractivity contribution in [3.8, 4) is 0 Å². The van der Waals surface area contributed by atoms with Gasteiger partial charge >= 0.3 is 0 Å². The van der Waals surface area contributed by atoms with Crippen molar-refractivity contribution in [2.24, 2.45) is 13.0 Å². The van der Waals surface area contributed by atoms with Gasteiger partial charge in [-0.25, -0.2) is 0 Å². The molecule has 1 fully saturated rings. The highest BCUT2D eigenvalue weighted by Gasteiger charge is 2.20. The summed E-state index contributed by atoms with van der Waals surface area (Å²) in [6, 6.07) is 7.92. The Morgan fingerprint density at radius 1 is 1.38 bits per heavy atom. The first kappa shape index (κ1) is 16.5. The maximum absolute atomic E-state index is 12.7. The summed E-state index contributed by atoms with van der Waals surface area (Å²) < 4.78 is 1.78. The van der Waals surface area contributed by atoms with Crippen LogP contribution in [-0.4, -0.2) is 15.7 Å². The Balaban J connectivity index is 1.78. The van der Waals surface area contributed by atoms with Gasteiger partial charge in [0.25, 0.3) is 5.91 Å². The molecule has 1 heterocycles. The van der Waals surface area contributed by atoms with Crippen molar-refractivity contribution in [2.45, 2.75) is 39.0 Å². The van der Waals surface area contributed by atoms with Crippen LogP contribution >= 0.6 is 0 Å². The quantitative estimate of drug-likeness (QED) is 0.844. The van der Waals surface area contributed by atoms with E-state index in [2.05, 4.69) is 36.4 Å². The zero-order valence-corrected chi connectivity index (χ0v) is 14.6. The predicted octanol–water partition coefficient (Wildman–Crippen LogP) is 4.61. The molecule has 1 amide bonds. The first-order valence-electron chi connectivity index (χ1n) is 8.65. The number of benzene rings is 1. The first-order valence-corrected chi connectivity index (χ1v) is 8.65. The largest absolute Gasteiger partial charge is 0.321 e. The molecule has 1 aliphatic rings. The zero-order valence-electron chi connectivity index (χ0n) is 14.6. The van der Waals surface area contributed by atoms with Gasteiger partial charge in [0.1, 0.15) is 0 Å². The van der Waals surface area contributed by atoms with Crippen molar-refractivity contribution in [3.05, 3.63) is 53.4 Å². The lowest BCUT2D eigenvalue weighted by atomic mass is 10.0. The minimum Gasteiger partial charge on any atom is -0.321 e. The molecule has 1 aromatic heterocycles. The molecule has 3 rings (SSSR count). The van der Waals surface area contributed by atoms with Gasteiger partial charge < -0.3 is 5.32 Å². The van der Waals surface area contributed by atoms with E-state index >= 15 is 0 Å². The van der Waals surface area contributed by atoms with Crippen molar-refractivity contribution in [1.29, 1.82) is 0 Å². The summed E-state index contributed by atoms with van der Waals surface area (Å²) in [5, 5.41) is 7.29. The SMILES string of the molecule is CC(C)c1c(C(=O)Nc2ccccc2/C=C\CC2CC2)cnn1C. The van der Waals surface area contributed by atoms with Gasteiger partial charge in [-0.05, 0) is 42.7 Å². The van der Waals surface area contributed by atoms with Crippen LogP contribution in [0.5, 0.6) is 0 Å². The maximum atomic E-state index is 12.7. The van der Waals surface area contributed by atoms with E-state index in [1.165, 1.54) is 12.8 Å². The van der Waals surface area contributed by atoms with E-state index < -0.39 is 0 Å². The lowest BCUT2D eigenvalue weighted by molar-refractivity contribution is 0.102. The van der Waals surface area contributed by atoms with Gasteiger partial charge in [-0.3, -0.25) is 9.48 Å². The van der Waals surface area contributed by atoms with Gasteiger partial charge in [0.05, 0.1) is 17.5 Å². The third kappa shape index (κ3) is 3.75. The summed E-state index contributed by atoms with van der Waals surface area (Å²) in [6.07, 6.45) is 9.80. The van der Waals surface area contributed by atoms with Gasteiger partial charge in [-0.2, -0.15) is 5.10 Å². The molecular weight excluding hydrogens is 298 g/mol. The highest BCUT2D eigenvalue weighted by atomic mass is 16.1. The monoisotopic (exact) mass is 323 g/mol.